The van der Waals surface area contributed by atoms with Crippen LogP contribution < -0.4 is 0 Å². The molecular weight excluding hydrogens is 382 g/mol. The van der Waals surface area contributed by atoms with Gasteiger partial charge in [-0.2, -0.15) is 12.2 Å². The second-order valence-electron chi connectivity index (χ2n) is 4.58. The summed E-state index contributed by atoms with van der Waals surface area (Å²) in [5, 5.41) is 0. The van der Waals surface area contributed by atoms with Gasteiger partial charge in [0.05, 0.1) is 0 Å². The molecule has 0 fully saturated rings. The van der Waals surface area contributed by atoms with Gasteiger partial charge in [0.25, 0.3) is 0 Å². The minimum absolute atomic E-state index is 0. The van der Waals surface area contributed by atoms with Gasteiger partial charge in [-0.05, 0) is 0 Å². The van der Waals surface area contributed by atoms with E-state index in [9.17, 15) is 17.3 Å². The summed E-state index contributed by atoms with van der Waals surface area (Å²) in [6, 6.07) is 0. The second-order valence-corrected chi connectivity index (χ2v) is 4.58. The molecule has 127 valence electrons. The molecule has 0 aromatic carbocycles. The zero-order valence-electron chi connectivity index (χ0n) is 12.5. The van der Waals surface area contributed by atoms with E-state index < -0.39 is 7.25 Å². The average molecular weight is 404 g/mol. The summed E-state index contributed by atoms with van der Waals surface area (Å²) < 4.78 is 39.0. The van der Waals surface area contributed by atoms with Gasteiger partial charge in [-0.3, -0.25) is 12.2 Å². The molecule has 0 unspecified atom stereocenters. The van der Waals surface area contributed by atoms with Crippen molar-refractivity contribution in [3.05, 3.63) is 48.6 Å². The maximum Gasteiger partial charge on any atom is 2.00 e. The molecule has 0 spiro atoms. The Morgan fingerprint density at radius 1 is 0.682 bits per heavy atom. The summed E-state index contributed by atoms with van der Waals surface area (Å²) >= 11 is 0. The van der Waals surface area contributed by atoms with Gasteiger partial charge >= 0.3 is 26.7 Å². The third kappa shape index (κ3) is 27.7. The largest absolute Gasteiger partial charge is 2.00 e. The van der Waals surface area contributed by atoms with Crippen LogP contribution in [0.3, 0.4) is 0 Å². The van der Waals surface area contributed by atoms with Crippen molar-refractivity contribution >= 4 is 7.25 Å². The van der Waals surface area contributed by atoms with Gasteiger partial charge in [0.2, 0.25) is 0 Å². The first-order chi connectivity index (χ1) is 10.0. The van der Waals surface area contributed by atoms with E-state index in [-0.39, 0.29) is 19.5 Å². The van der Waals surface area contributed by atoms with E-state index in [1.165, 1.54) is 38.5 Å². The van der Waals surface area contributed by atoms with Crippen LogP contribution in [0.1, 0.15) is 51.4 Å². The SMILES string of the molecule is F[B-](F)(F)F.[C-]1=CC=CCCCC1.[C-]1=CC=CCCCC1.[Rh+2]. The zero-order valence-corrected chi connectivity index (χ0v) is 14.2. The summed E-state index contributed by atoms with van der Waals surface area (Å²) in [6.07, 6.45) is 29.0. The first-order valence-electron chi connectivity index (χ1n) is 7.31. The van der Waals surface area contributed by atoms with Gasteiger partial charge in [-0.1, -0.05) is 38.5 Å². The van der Waals surface area contributed by atoms with Crippen molar-refractivity contribution in [2.24, 2.45) is 0 Å². The molecule has 0 bridgehead atoms. The quantitative estimate of drug-likeness (QED) is 0.255. The first kappa shape index (κ1) is 23.6. The van der Waals surface area contributed by atoms with Crippen molar-refractivity contribution in [1.29, 1.82) is 0 Å². The summed E-state index contributed by atoms with van der Waals surface area (Å²) in [4.78, 5) is 0. The zero-order chi connectivity index (χ0) is 15.8. The van der Waals surface area contributed by atoms with Crippen LogP contribution in [0, 0.1) is 12.2 Å². The fraction of sp³-hybridized carbons (Fsp3) is 0.500. The third-order valence-electron chi connectivity index (χ3n) is 2.58. The van der Waals surface area contributed by atoms with Crippen LogP contribution in [-0.4, -0.2) is 7.25 Å². The van der Waals surface area contributed by atoms with Crippen LogP contribution >= 0.6 is 0 Å². The van der Waals surface area contributed by atoms with Crippen molar-refractivity contribution in [1.82, 2.24) is 0 Å². The summed E-state index contributed by atoms with van der Waals surface area (Å²) in [5.74, 6) is 0. The van der Waals surface area contributed by atoms with Gasteiger partial charge in [0.1, 0.15) is 0 Å². The number of halogens is 4. The van der Waals surface area contributed by atoms with E-state index in [1.54, 1.807) is 0 Å². The minimum Gasteiger partial charge on any atom is -0.418 e. The number of allylic oxidation sites excluding steroid dienone is 8. The van der Waals surface area contributed by atoms with Crippen LogP contribution in [0.5, 0.6) is 0 Å². The molecule has 0 amide bonds. The molecule has 1 radical (unpaired) electrons. The Hall–Kier alpha value is -0.632. The maximum absolute atomic E-state index is 9.75. The van der Waals surface area contributed by atoms with E-state index in [1.807, 2.05) is 12.2 Å². The van der Waals surface area contributed by atoms with Gasteiger partial charge in [-0.15, -0.1) is 12.8 Å². The molecule has 2 aliphatic carbocycles. The van der Waals surface area contributed by atoms with Gasteiger partial charge < -0.3 is 17.3 Å². The normalized spacial score (nSPS) is 17.3. The summed E-state index contributed by atoms with van der Waals surface area (Å²) in [7, 11) is -6.00. The number of hydrogen-bond acceptors (Lipinski definition) is 0. The van der Waals surface area contributed by atoms with Gasteiger partial charge in [0, 0.05) is 0 Å². The number of hydrogen-bond donors (Lipinski definition) is 0. The number of rotatable bonds is 0. The van der Waals surface area contributed by atoms with E-state index >= 15 is 0 Å². The molecule has 6 heteroatoms. The molecule has 0 aromatic heterocycles. The van der Waals surface area contributed by atoms with Crippen molar-refractivity contribution in [2.45, 2.75) is 51.4 Å². The van der Waals surface area contributed by atoms with Gasteiger partial charge in [-0.25, -0.2) is 24.3 Å². The average Bonchev–Trinajstić information content (AvgIpc) is 2.24. The molecule has 2 rings (SSSR count). The second kappa shape index (κ2) is 16.7. The van der Waals surface area contributed by atoms with Crippen molar-refractivity contribution in [3.63, 3.8) is 0 Å². The van der Waals surface area contributed by atoms with Crippen LogP contribution in [0.15, 0.2) is 36.5 Å². The molecule has 0 heterocycles. The first-order valence-corrected chi connectivity index (χ1v) is 7.31. The Balaban J connectivity index is 0. The Bertz CT molecular complexity index is 285. The molecule has 0 atom stereocenters. The Morgan fingerprint density at radius 2 is 1.05 bits per heavy atom. The van der Waals surface area contributed by atoms with Crippen LogP contribution in [0.2, 0.25) is 0 Å². The fourth-order valence-corrected chi connectivity index (χ4v) is 1.61. The van der Waals surface area contributed by atoms with E-state index in [4.69, 9.17) is 0 Å². The minimum atomic E-state index is -6.00. The van der Waals surface area contributed by atoms with E-state index in [0.717, 1.165) is 12.8 Å². The Morgan fingerprint density at radius 3 is 1.41 bits per heavy atom. The van der Waals surface area contributed by atoms with Crippen molar-refractivity contribution in [2.75, 3.05) is 0 Å². The fourth-order valence-electron chi connectivity index (χ4n) is 1.61. The predicted octanol–water partition coefficient (Wildman–Crippen LogP) is 6.25. The molecule has 2 aliphatic rings. The molecule has 0 saturated carbocycles. The maximum atomic E-state index is 9.75. The van der Waals surface area contributed by atoms with Gasteiger partial charge in [0.15, 0.2) is 0 Å². The standard InChI is InChI=1S/2C8H11.BF4.Rh/c2*1-2-4-6-8-7-5-3-1;2-1(3,4)5;/h2*1-3H,4,6-8H2;;/q3*-1;+2. The monoisotopic (exact) mass is 404 g/mol. The smallest absolute Gasteiger partial charge is 0.418 e. The molecular formula is C16H22BF4Rh-. The van der Waals surface area contributed by atoms with E-state index in [2.05, 4.69) is 36.5 Å². The predicted molar refractivity (Wildman–Crippen MR) is 81.0 cm³/mol. The van der Waals surface area contributed by atoms with Crippen LogP contribution in [-0.2, 0) is 19.5 Å². The molecule has 0 N–H and O–H groups in total. The van der Waals surface area contributed by atoms with Crippen molar-refractivity contribution < 1.29 is 36.7 Å². The molecule has 0 aromatic rings. The Kier molecular flexibility index (Phi) is 18.0. The Labute approximate surface area is 144 Å². The van der Waals surface area contributed by atoms with Crippen LogP contribution in [0.4, 0.5) is 17.3 Å². The molecule has 0 saturated heterocycles. The molecule has 0 nitrogen and oxygen atoms in total. The summed E-state index contributed by atoms with van der Waals surface area (Å²) in [6.45, 7) is 0. The van der Waals surface area contributed by atoms with E-state index in [0.29, 0.717) is 0 Å². The van der Waals surface area contributed by atoms with Crippen molar-refractivity contribution in [3.8, 4) is 0 Å². The third-order valence-corrected chi connectivity index (χ3v) is 2.58. The topological polar surface area (TPSA) is 0 Å². The molecule has 0 aliphatic heterocycles. The van der Waals surface area contributed by atoms with Crippen LogP contribution in [0.25, 0.3) is 0 Å². The summed E-state index contributed by atoms with van der Waals surface area (Å²) in [5.41, 5.74) is 0. The molecule has 22 heavy (non-hydrogen) atoms.